The van der Waals surface area contributed by atoms with Gasteiger partial charge >= 0.3 is 0 Å². The summed E-state index contributed by atoms with van der Waals surface area (Å²) in [5.74, 6) is 0.0948. The van der Waals surface area contributed by atoms with Crippen LogP contribution in [0.4, 0.5) is 0 Å². The quantitative estimate of drug-likeness (QED) is 0.614. The van der Waals surface area contributed by atoms with E-state index in [-0.39, 0.29) is 10.8 Å². The van der Waals surface area contributed by atoms with Crippen molar-refractivity contribution < 1.29 is 13.2 Å². The zero-order valence-electron chi connectivity index (χ0n) is 12.1. The Labute approximate surface area is 135 Å². The highest BCUT2D eigenvalue weighted by Crippen LogP contribution is 2.17. The Morgan fingerprint density at radius 1 is 1.09 bits per heavy atom. The molecule has 0 amide bonds. The van der Waals surface area contributed by atoms with Crippen molar-refractivity contribution in [3.05, 3.63) is 65.2 Å². The van der Waals surface area contributed by atoms with E-state index in [1.54, 1.807) is 24.3 Å². The standard InChI is InChI=1S/C16H16ClNO3S/c1-2-12-21-16(13-6-4-3-5-7-13)18-22(19,20)15-10-8-14(17)9-11-15/h3-11H,2,12H2,1H3. The first kappa shape index (κ1) is 16.5. The van der Waals surface area contributed by atoms with Crippen LogP contribution in [0.5, 0.6) is 0 Å². The third kappa shape index (κ3) is 4.32. The minimum Gasteiger partial charge on any atom is -0.477 e. The molecule has 0 spiro atoms. The van der Waals surface area contributed by atoms with Crippen molar-refractivity contribution in [2.45, 2.75) is 18.2 Å². The van der Waals surface area contributed by atoms with E-state index >= 15 is 0 Å². The SMILES string of the molecule is CCCOC(=NS(=O)(=O)c1ccc(Cl)cc1)c1ccccc1. The average Bonchev–Trinajstić information content (AvgIpc) is 2.52. The summed E-state index contributed by atoms with van der Waals surface area (Å²) in [6, 6.07) is 14.8. The zero-order chi connectivity index (χ0) is 16.0. The van der Waals surface area contributed by atoms with Crippen molar-refractivity contribution in [1.29, 1.82) is 0 Å². The third-order valence-corrected chi connectivity index (χ3v) is 4.30. The molecule has 0 aliphatic rings. The van der Waals surface area contributed by atoms with Crippen molar-refractivity contribution in [3.63, 3.8) is 0 Å². The van der Waals surface area contributed by atoms with Gasteiger partial charge in [-0.3, -0.25) is 0 Å². The summed E-state index contributed by atoms with van der Waals surface area (Å²) in [5.41, 5.74) is 0.619. The van der Waals surface area contributed by atoms with Crippen molar-refractivity contribution in [2.75, 3.05) is 6.61 Å². The molecule has 0 saturated heterocycles. The van der Waals surface area contributed by atoms with Crippen molar-refractivity contribution in [3.8, 4) is 0 Å². The predicted octanol–water partition coefficient (Wildman–Crippen LogP) is 3.90. The fourth-order valence-electron chi connectivity index (χ4n) is 1.71. The maximum absolute atomic E-state index is 12.4. The van der Waals surface area contributed by atoms with E-state index in [0.29, 0.717) is 17.2 Å². The molecule has 0 atom stereocenters. The second kappa shape index (κ2) is 7.42. The van der Waals surface area contributed by atoms with Gasteiger partial charge in [0.1, 0.15) is 0 Å². The molecule has 2 aromatic carbocycles. The van der Waals surface area contributed by atoms with E-state index in [1.165, 1.54) is 24.3 Å². The van der Waals surface area contributed by atoms with Crippen LogP contribution in [0.3, 0.4) is 0 Å². The summed E-state index contributed by atoms with van der Waals surface area (Å²) in [4.78, 5) is 0.0745. The van der Waals surface area contributed by atoms with Gasteiger partial charge in [-0.15, -0.1) is 4.40 Å². The molecule has 0 unspecified atom stereocenters. The van der Waals surface area contributed by atoms with Crippen LogP contribution in [0.2, 0.25) is 5.02 Å². The lowest BCUT2D eigenvalue weighted by Gasteiger charge is -2.09. The summed E-state index contributed by atoms with van der Waals surface area (Å²) in [6.07, 6.45) is 0.757. The topological polar surface area (TPSA) is 55.7 Å². The number of hydrogen-bond acceptors (Lipinski definition) is 3. The largest absolute Gasteiger partial charge is 0.477 e. The number of rotatable bonds is 5. The van der Waals surface area contributed by atoms with Gasteiger partial charge in [-0.25, -0.2) is 0 Å². The lowest BCUT2D eigenvalue weighted by atomic mass is 10.2. The second-order valence-electron chi connectivity index (χ2n) is 4.54. The summed E-state index contributed by atoms with van der Waals surface area (Å²) in [7, 11) is -3.85. The van der Waals surface area contributed by atoms with Gasteiger partial charge in [0.2, 0.25) is 5.90 Å². The first-order valence-electron chi connectivity index (χ1n) is 6.81. The Bertz CT molecular complexity index is 741. The highest BCUT2D eigenvalue weighted by molar-refractivity contribution is 7.90. The van der Waals surface area contributed by atoms with Crippen molar-refractivity contribution >= 4 is 27.5 Å². The molecular weight excluding hydrogens is 322 g/mol. The number of sulfonamides is 1. The molecule has 0 bridgehead atoms. The van der Waals surface area contributed by atoms with Crippen molar-refractivity contribution in [2.24, 2.45) is 4.40 Å². The van der Waals surface area contributed by atoms with E-state index in [2.05, 4.69) is 4.40 Å². The second-order valence-corrected chi connectivity index (χ2v) is 6.58. The monoisotopic (exact) mass is 337 g/mol. The number of ether oxygens (including phenoxy) is 1. The van der Waals surface area contributed by atoms with E-state index in [9.17, 15) is 8.42 Å². The maximum atomic E-state index is 12.4. The van der Waals surface area contributed by atoms with Crippen LogP contribution in [-0.4, -0.2) is 20.9 Å². The Morgan fingerprint density at radius 3 is 2.32 bits per heavy atom. The summed E-state index contributed by atoms with van der Waals surface area (Å²) in [5, 5.41) is 0.466. The summed E-state index contributed by atoms with van der Waals surface area (Å²) < 4.78 is 34.1. The third-order valence-electron chi connectivity index (χ3n) is 2.78. The van der Waals surface area contributed by atoms with Gasteiger partial charge in [-0.05, 0) is 42.8 Å². The lowest BCUT2D eigenvalue weighted by molar-refractivity contribution is 0.306. The molecule has 6 heteroatoms. The molecule has 2 aromatic rings. The molecule has 2 rings (SSSR count). The molecule has 22 heavy (non-hydrogen) atoms. The van der Waals surface area contributed by atoms with E-state index in [1.807, 2.05) is 13.0 Å². The molecule has 0 aliphatic heterocycles. The van der Waals surface area contributed by atoms with Gasteiger partial charge in [-0.2, -0.15) is 8.42 Å². The summed E-state index contributed by atoms with van der Waals surface area (Å²) >= 11 is 5.78. The smallest absolute Gasteiger partial charge is 0.285 e. The minimum absolute atomic E-state index is 0.0745. The minimum atomic E-state index is -3.85. The van der Waals surface area contributed by atoms with Gasteiger partial charge in [0.25, 0.3) is 10.0 Å². The van der Waals surface area contributed by atoms with E-state index in [0.717, 1.165) is 6.42 Å². The number of benzene rings is 2. The molecular formula is C16H16ClNO3S. The number of hydrogen-bond donors (Lipinski definition) is 0. The van der Waals surface area contributed by atoms with Crippen LogP contribution in [0.25, 0.3) is 0 Å². The van der Waals surface area contributed by atoms with Crippen LogP contribution in [0.15, 0.2) is 63.9 Å². The zero-order valence-corrected chi connectivity index (χ0v) is 13.6. The molecule has 116 valence electrons. The normalized spacial score (nSPS) is 12.2. The van der Waals surface area contributed by atoms with Gasteiger partial charge < -0.3 is 4.74 Å². The van der Waals surface area contributed by atoms with E-state index in [4.69, 9.17) is 16.3 Å². The molecule has 0 aromatic heterocycles. The first-order chi connectivity index (χ1) is 10.5. The molecule has 0 radical (unpaired) electrons. The van der Waals surface area contributed by atoms with Crippen LogP contribution >= 0.6 is 11.6 Å². The maximum Gasteiger partial charge on any atom is 0.285 e. The van der Waals surface area contributed by atoms with Crippen molar-refractivity contribution in [1.82, 2.24) is 0 Å². The lowest BCUT2D eigenvalue weighted by Crippen LogP contribution is -2.11. The van der Waals surface area contributed by atoms with Gasteiger partial charge in [0, 0.05) is 10.6 Å². The molecule has 4 nitrogen and oxygen atoms in total. The Hall–Kier alpha value is -1.85. The highest BCUT2D eigenvalue weighted by atomic mass is 35.5. The highest BCUT2D eigenvalue weighted by Gasteiger charge is 2.16. The molecule has 0 saturated carbocycles. The van der Waals surface area contributed by atoms with Crippen LogP contribution in [0.1, 0.15) is 18.9 Å². The predicted molar refractivity (Wildman–Crippen MR) is 87.9 cm³/mol. The molecule has 0 aliphatic carbocycles. The van der Waals surface area contributed by atoms with Gasteiger partial charge in [0.15, 0.2) is 0 Å². The molecule has 0 fully saturated rings. The molecule has 0 heterocycles. The average molecular weight is 338 g/mol. The van der Waals surface area contributed by atoms with Crippen LogP contribution < -0.4 is 0 Å². The first-order valence-corrected chi connectivity index (χ1v) is 8.63. The fraction of sp³-hybridized carbons (Fsp3) is 0.188. The van der Waals surface area contributed by atoms with Crippen LogP contribution in [0, 0.1) is 0 Å². The van der Waals surface area contributed by atoms with Gasteiger partial charge in [0.05, 0.1) is 11.5 Å². The number of halogens is 1. The number of nitrogens with zero attached hydrogens (tertiary/aromatic N) is 1. The Balaban J connectivity index is 2.41. The Morgan fingerprint density at radius 2 is 1.73 bits per heavy atom. The molecule has 0 N–H and O–H groups in total. The summed E-state index contributed by atoms with van der Waals surface area (Å²) in [6.45, 7) is 2.33. The fourth-order valence-corrected chi connectivity index (χ4v) is 2.80. The van der Waals surface area contributed by atoms with Crippen LogP contribution in [-0.2, 0) is 14.8 Å². The Kier molecular flexibility index (Phi) is 5.57. The van der Waals surface area contributed by atoms with E-state index < -0.39 is 10.0 Å². The van der Waals surface area contributed by atoms with Gasteiger partial charge in [-0.1, -0.05) is 36.7 Å².